The maximum Gasteiger partial charge on any atom is 0.224 e. The highest BCUT2D eigenvalue weighted by molar-refractivity contribution is 5.79. The topological polar surface area (TPSA) is 58.6 Å². The van der Waals surface area contributed by atoms with Crippen LogP contribution in [0.1, 0.15) is 55.3 Å². The molecular weight excluding hydrogens is 376 g/mol. The molecule has 2 amide bonds. The quantitative estimate of drug-likeness (QED) is 0.836. The smallest absolute Gasteiger partial charge is 0.224 e. The molecule has 0 saturated carbocycles. The minimum atomic E-state index is -0.421. The van der Waals surface area contributed by atoms with Crippen molar-refractivity contribution in [2.75, 3.05) is 13.1 Å². The van der Waals surface area contributed by atoms with E-state index in [-0.39, 0.29) is 17.9 Å². The Morgan fingerprint density at radius 3 is 2.70 bits per heavy atom. The molecule has 0 radical (unpaired) electrons. The molecule has 1 saturated heterocycles. The lowest BCUT2D eigenvalue weighted by atomic mass is 9.82. The molecule has 2 aromatic carbocycles. The SMILES string of the molecule is CCN1CC[C@]2(CCC1=O)C[C@H](NC(=O)Cc1ccc(C)cc1)c1ccccc1O2. The molecule has 1 N–H and O–H groups in total. The van der Waals surface area contributed by atoms with Crippen molar-refractivity contribution in [2.24, 2.45) is 0 Å². The van der Waals surface area contributed by atoms with Crippen molar-refractivity contribution in [3.8, 4) is 5.75 Å². The number of aryl methyl sites for hydroxylation is 1. The van der Waals surface area contributed by atoms with Crippen molar-refractivity contribution >= 4 is 11.8 Å². The van der Waals surface area contributed by atoms with E-state index in [2.05, 4.69) is 5.32 Å². The van der Waals surface area contributed by atoms with Crippen LogP contribution < -0.4 is 10.1 Å². The highest BCUT2D eigenvalue weighted by Gasteiger charge is 2.43. The lowest BCUT2D eigenvalue weighted by Gasteiger charge is -2.42. The van der Waals surface area contributed by atoms with Crippen LogP contribution in [0.3, 0.4) is 0 Å². The Morgan fingerprint density at radius 1 is 1.17 bits per heavy atom. The van der Waals surface area contributed by atoms with Gasteiger partial charge in [-0.3, -0.25) is 9.59 Å². The van der Waals surface area contributed by atoms with E-state index in [0.29, 0.717) is 32.2 Å². The Labute approximate surface area is 178 Å². The van der Waals surface area contributed by atoms with E-state index >= 15 is 0 Å². The predicted molar refractivity (Wildman–Crippen MR) is 116 cm³/mol. The van der Waals surface area contributed by atoms with Crippen LogP contribution in [-0.4, -0.2) is 35.4 Å². The van der Waals surface area contributed by atoms with Crippen molar-refractivity contribution in [2.45, 2.75) is 57.6 Å². The van der Waals surface area contributed by atoms with Crippen LogP contribution in [0.4, 0.5) is 0 Å². The third kappa shape index (κ3) is 4.35. The van der Waals surface area contributed by atoms with E-state index in [9.17, 15) is 9.59 Å². The van der Waals surface area contributed by atoms with Gasteiger partial charge in [-0.1, -0.05) is 48.0 Å². The van der Waals surface area contributed by atoms with Gasteiger partial charge in [0.1, 0.15) is 11.4 Å². The zero-order valence-corrected chi connectivity index (χ0v) is 17.8. The molecule has 2 aliphatic heterocycles. The van der Waals surface area contributed by atoms with Gasteiger partial charge in [0.2, 0.25) is 11.8 Å². The summed E-state index contributed by atoms with van der Waals surface area (Å²) in [6, 6.07) is 15.9. The van der Waals surface area contributed by atoms with Gasteiger partial charge in [-0.15, -0.1) is 0 Å². The predicted octanol–water partition coefficient (Wildman–Crippen LogP) is 3.95. The summed E-state index contributed by atoms with van der Waals surface area (Å²) in [5, 5.41) is 3.25. The fraction of sp³-hybridized carbons (Fsp3) is 0.440. The largest absolute Gasteiger partial charge is 0.487 e. The fourth-order valence-electron chi connectivity index (χ4n) is 4.61. The second-order valence-corrected chi connectivity index (χ2v) is 8.53. The molecule has 0 unspecified atom stereocenters. The summed E-state index contributed by atoms with van der Waals surface area (Å²) in [7, 11) is 0. The number of hydrogen-bond donors (Lipinski definition) is 1. The van der Waals surface area contributed by atoms with Gasteiger partial charge in [-0.25, -0.2) is 0 Å². The first kappa shape index (κ1) is 20.5. The van der Waals surface area contributed by atoms with Crippen LogP contribution in [0.5, 0.6) is 5.75 Å². The van der Waals surface area contributed by atoms with Crippen LogP contribution >= 0.6 is 0 Å². The number of nitrogens with one attached hydrogen (secondary N) is 1. The molecule has 1 fully saturated rings. The van der Waals surface area contributed by atoms with Gasteiger partial charge in [-0.2, -0.15) is 0 Å². The summed E-state index contributed by atoms with van der Waals surface area (Å²) >= 11 is 0. The minimum absolute atomic E-state index is 0.00980. The minimum Gasteiger partial charge on any atom is -0.487 e. The first-order valence-electron chi connectivity index (χ1n) is 10.9. The van der Waals surface area contributed by atoms with Gasteiger partial charge in [0.25, 0.3) is 0 Å². The summed E-state index contributed by atoms with van der Waals surface area (Å²) in [5.41, 5.74) is 2.79. The molecule has 4 rings (SSSR count). The maximum atomic E-state index is 12.9. The Hall–Kier alpha value is -2.82. The van der Waals surface area contributed by atoms with Gasteiger partial charge in [0.05, 0.1) is 12.5 Å². The average Bonchev–Trinajstić information content (AvgIpc) is 2.88. The van der Waals surface area contributed by atoms with E-state index in [1.54, 1.807) is 0 Å². The van der Waals surface area contributed by atoms with Crippen molar-refractivity contribution in [1.29, 1.82) is 0 Å². The molecule has 5 nitrogen and oxygen atoms in total. The number of benzene rings is 2. The number of carbonyl (C=O) groups excluding carboxylic acids is 2. The lowest BCUT2D eigenvalue weighted by Crippen LogP contribution is -2.46. The molecule has 1 spiro atoms. The molecule has 0 bridgehead atoms. The van der Waals surface area contributed by atoms with E-state index in [1.807, 2.05) is 67.3 Å². The van der Waals surface area contributed by atoms with Gasteiger partial charge in [0, 0.05) is 37.9 Å². The molecule has 5 heteroatoms. The van der Waals surface area contributed by atoms with Gasteiger partial charge in [0.15, 0.2) is 0 Å². The lowest BCUT2D eigenvalue weighted by molar-refractivity contribution is -0.130. The highest BCUT2D eigenvalue weighted by Crippen LogP contribution is 2.44. The number of nitrogens with zero attached hydrogens (tertiary/aromatic N) is 1. The molecular formula is C25H30N2O3. The van der Waals surface area contributed by atoms with Crippen LogP contribution in [0.15, 0.2) is 48.5 Å². The Kier molecular flexibility index (Phi) is 5.80. The van der Waals surface area contributed by atoms with Crippen LogP contribution in [-0.2, 0) is 16.0 Å². The Bertz CT molecular complexity index is 924. The maximum absolute atomic E-state index is 12.9. The number of carbonyl (C=O) groups is 2. The second kappa shape index (κ2) is 8.50. The Balaban J connectivity index is 1.53. The number of para-hydroxylation sites is 1. The van der Waals surface area contributed by atoms with Crippen molar-refractivity contribution in [3.05, 3.63) is 65.2 Å². The summed E-state index contributed by atoms with van der Waals surface area (Å²) in [4.78, 5) is 27.2. The molecule has 30 heavy (non-hydrogen) atoms. The molecule has 2 heterocycles. The number of likely N-dealkylation sites (tertiary alicyclic amines) is 1. The van der Waals surface area contributed by atoms with Crippen LogP contribution in [0, 0.1) is 6.92 Å². The molecule has 0 aromatic heterocycles. The Morgan fingerprint density at radius 2 is 1.93 bits per heavy atom. The third-order valence-corrected chi connectivity index (χ3v) is 6.38. The molecule has 2 atom stereocenters. The molecule has 0 aliphatic carbocycles. The van der Waals surface area contributed by atoms with Crippen molar-refractivity contribution in [1.82, 2.24) is 10.2 Å². The summed E-state index contributed by atoms with van der Waals surface area (Å²) in [5.74, 6) is 1.02. The molecule has 2 aromatic rings. The van der Waals surface area contributed by atoms with Gasteiger partial charge in [-0.05, 0) is 31.9 Å². The van der Waals surface area contributed by atoms with Gasteiger partial charge < -0.3 is 15.0 Å². The standard InChI is InChI=1S/C25H30N2O3/c1-3-27-15-14-25(13-12-24(27)29)17-21(20-6-4-5-7-22(20)30-25)26-23(28)16-19-10-8-18(2)9-11-19/h4-11,21H,3,12-17H2,1-2H3,(H,26,28)/t21-,25+/m0/s1. The zero-order chi connectivity index (χ0) is 21.1. The first-order valence-corrected chi connectivity index (χ1v) is 10.9. The number of fused-ring (bicyclic) bond motifs is 1. The highest BCUT2D eigenvalue weighted by atomic mass is 16.5. The fourth-order valence-corrected chi connectivity index (χ4v) is 4.61. The van der Waals surface area contributed by atoms with E-state index in [0.717, 1.165) is 29.8 Å². The summed E-state index contributed by atoms with van der Waals surface area (Å²) in [6.07, 6.45) is 3.00. The van der Waals surface area contributed by atoms with Crippen LogP contribution in [0.25, 0.3) is 0 Å². The van der Waals surface area contributed by atoms with Gasteiger partial charge >= 0.3 is 0 Å². The summed E-state index contributed by atoms with van der Waals surface area (Å²) in [6.45, 7) is 5.48. The number of amides is 2. The first-order chi connectivity index (χ1) is 14.5. The van der Waals surface area contributed by atoms with E-state index in [4.69, 9.17) is 4.74 Å². The third-order valence-electron chi connectivity index (χ3n) is 6.38. The monoisotopic (exact) mass is 406 g/mol. The second-order valence-electron chi connectivity index (χ2n) is 8.53. The van der Waals surface area contributed by atoms with E-state index in [1.165, 1.54) is 5.56 Å². The number of rotatable bonds is 4. The number of hydrogen-bond acceptors (Lipinski definition) is 3. The van der Waals surface area contributed by atoms with Crippen molar-refractivity contribution < 1.29 is 14.3 Å². The number of ether oxygens (including phenoxy) is 1. The normalized spacial score (nSPS) is 23.5. The summed E-state index contributed by atoms with van der Waals surface area (Å²) < 4.78 is 6.49. The van der Waals surface area contributed by atoms with Crippen molar-refractivity contribution in [3.63, 3.8) is 0 Å². The molecule has 158 valence electrons. The zero-order valence-electron chi connectivity index (χ0n) is 17.8. The van der Waals surface area contributed by atoms with E-state index < -0.39 is 5.60 Å². The average molecular weight is 407 g/mol. The molecule has 2 aliphatic rings. The van der Waals surface area contributed by atoms with Crippen LogP contribution in [0.2, 0.25) is 0 Å².